The molecule has 0 aromatic carbocycles. The first kappa shape index (κ1) is 7.73. The topological polar surface area (TPSA) is 29.1 Å². The van der Waals surface area contributed by atoms with Gasteiger partial charge in [-0.3, -0.25) is 4.79 Å². The third-order valence-electron chi connectivity index (χ3n) is 2.71. The molecule has 0 saturated carbocycles. The first-order chi connectivity index (χ1) is 4.55. The molecule has 0 unspecified atom stereocenters. The van der Waals surface area contributed by atoms with E-state index in [0.717, 1.165) is 13.1 Å². The Morgan fingerprint density at radius 2 is 2.00 bits per heavy atom. The van der Waals surface area contributed by atoms with E-state index in [9.17, 15) is 4.79 Å². The van der Waals surface area contributed by atoms with Crippen LogP contribution in [0.2, 0.25) is 0 Å². The van der Waals surface area contributed by atoms with Crippen molar-refractivity contribution < 1.29 is 4.79 Å². The number of nitrogens with one attached hydrogen (secondary N) is 1. The number of hydrogen-bond donors (Lipinski definition) is 1. The minimum Gasteiger partial charge on any atom is -0.316 e. The van der Waals surface area contributed by atoms with Gasteiger partial charge >= 0.3 is 0 Å². The van der Waals surface area contributed by atoms with Crippen LogP contribution in [0.15, 0.2) is 0 Å². The van der Waals surface area contributed by atoms with Crippen molar-refractivity contribution in [1.82, 2.24) is 5.32 Å². The normalized spacial score (nSPS) is 20.3. The SMILES string of the molecule is CC(=O)C(C)(C)C1CNC1. The van der Waals surface area contributed by atoms with Crippen LogP contribution in [-0.4, -0.2) is 18.9 Å². The van der Waals surface area contributed by atoms with Gasteiger partial charge in [-0.2, -0.15) is 0 Å². The average Bonchev–Trinajstić information content (AvgIpc) is 1.57. The van der Waals surface area contributed by atoms with E-state index in [1.165, 1.54) is 0 Å². The highest BCUT2D eigenvalue weighted by Gasteiger charge is 2.37. The van der Waals surface area contributed by atoms with Crippen molar-refractivity contribution in [3.63, 3.8) is 0 Å². The Morgan fingerprint density at radius 1 is 1.50 bits per heavy atom. The van der Waals surface area contributed by atoms with Gasteiger partial charge in [-0.25, -0.2) is 0 Å². The lowest BCUT2D eigenvalue weighted by atomic mass is 9.73. The molecule has 1 fully saturated rings. The summed E-state index contributed by atoms with van der Waals surface area (Å²) in [4.78, 5) is 11.1. The van der Waals surface area contributed by atoms with E-state index in [1.807, 2.05) is 13.8 Å². The molecule has 0 radical (unpaired) electrons. The van der Waals surface area contributed by atoms with Crippen LogP contribution < -0.4 is 5.32 Å². The molecule has 0 bridgehead atoms. The number of ketones is 1. The van der Waals surface area contributed by atoms with Gasteiger partial charge in [-0.15, -0.1) is 0 Å². The van der Waals surface area contributed by atoms with Crippen LogP contribution in [0.1, 0.15) is 20.8 Å². The first-order valence-corrected chi connectivity index (χ1v) is 3.77. The zero-order valence-electron chi connectivity index (χ0n) is 6.90. The van der Waals surface area contributed by atoms with Crippen molar-refractivity contribution >= 4 is 5.78 Å². The van der Waals surface area contributed by atoms with Crippen molar-refractivity contribution in [3.05, 3.63) is 0 Å². The number of carbonyl (C=O) groups excluding carboxylic acids is 1. The second kappa shape index (κ2) is 2.35. The standard InChI is InChI=1S/C8H15NO/c1-6(10)8(2,3)7-4-9-5-7/h7,9H,4-5H2,1-3H3. The Bertz CT molecular complexity index is 147. The summed E-state index contributed by atoms with van der Waals surface area (Å²) >= 11 is 0. The summed E-state index contributed by atoms with van der Waals surface area (Å²) < 4.78 is 0. The molecule has 1 N–H and O–H groups in total. The molecule has 2 nitrogen and oxygen atoms in total. The molecule has 0 amide bonds. The van der Waals surface area contributed by atoms with E-state index >= 15 is 0 Å². The van der Waals surface area contributed by atoms with Gasteiger partial charge in [0.1, 0.15) is 5.78 Å². The monoisotopic (exact) mass is 141 g/mol. The van der Waals surface area contributed by atoms with Gasteiger partial charge in [0.05, 0.1) is 0 Å². The summed E-state index contributed by atoms with van der Waals surface area (Å²) in [7, 11) is 0. The third-order valence-corrected chi connectivity index (χ3v) is 2.71. The second-order valence-corrected chi connectivity index (χ2v) is 3.63. The second-order valence-electron chi connectivity index (χ2n) is 3.63. The minimum atomic E-state index is -0.106. The highest BCUT2D eigenvalue weighted by Crippen LogP contribution is 2.30. The van der Waals surface area contributed by atoms with Gasteiger partial charge in [0, 0.05) is 18.5 Å². The van der Waals surface area contributed by atoms with E-state index in [1.54, 1.807) is 6.92 Å². The lowest BCUT2D eigenvalue weighted by Gasteiger charge is -2.39. The Hall–Kier alpha value is -0.370. The molecule has 0 aromatic heterocycles. The van der Waals surface area contributed by atoms with E-state index in [-0.39, 0.29) is 5.41 Å². The molecule has 1 aliphatic heterocycles. The molecule has 1 rings (SSSR count). The molecule has 0 aliphatic carbocycles. The van der Waals surface area contributed by atoms with Crippen molar-refractivity contribution in [1.29, 1.82) is 0 Å². The van der Waals surface area contributed by atoms with Crippen LogP contribution in [0.3, 0.4) is 0 Å². The van der Waals surface area contributed by atoms with Gasteiger partial charge in [-0.05, 0) is 12.8 Å². The summed E-state index contributed by atoms with van der Waals surface area (Å²) in [6.45, 7) is 7.75. The first-order valence-electron chi connectivity index (χ1n) is 3.77. The maximum absolute atomic E-state index is 11.1. The summed E-state index contributed by atoms with van der Waals surface area (Å²) in [5.41, 5.74) is -0.106. The number of carbonyl (C=O) groups is 1. The van der Waals surface area contributed by atoms with Crippen LogP contribution >= 0.6 is 0 Å². The number of hydrogen-bond acceptors (Lipinski definition) is 2. The molecule has 58 valence electrons. The lowest BCUT2D eigenvalue weighted by Crippen LogP contribution is -2.52. The fourth-order valence-electron chi connectivity index (χ4n) is 1.09. The fraction of sp³-hybridized carbons (Fsp3) is 0.875. The van der Waals surface area contributed by atoms with Crippen molar-refractivity contribution in [2.45, 2.75) is 20.8 Å². The van der Waals surface area contributed by atoms with Crippen molar-refractivity contribution in [3.8, 4) is 0 Å². The van der Waals surface area contributed by atoms with Crippen LogP contribution in [0.25, 0.3) is 0 Å². The van der Waals surface area contributed by atoms with Gasteiger partial charge in [-0.1, -0.05) is 13.8 Å². The molecule has 0 atom stereocenters. The van der Waals surface area contributed by atoms with E-state index in [4.69, 9.17) is 0 Å². The van der Waals surface area contributed by atoms with Gasteiger partial charge in [0.25, 0.3) is 0 Å². The van der Waals surface area contributed by atoms with Crippen molar-refractivity contribution in [2.75, 3.05) is 13.1 Å². The van der Waals surface area contributed by atoms with Crippen molar-refractivity contribution in [2.24, 2.45) is 11.3 Å². The third kappa shape index (κ3) is 1.08. The fourth-order valence-corrected chi connectivity index (χ4v) is 1.09. The quantitative estimate of drug-likeness (QED) is 0.617. The molecule has 1 aliphatic rings. The summed E-state index contributed by atoms with van der Waals surface area (Å²) in [6, 6.07) is 0. The molecule has 10 heavy (non-hydrogen) atoms. The Balaban J connectivity index is 2.57. The number of Topliss-reactive ketones (excluding diaryl/α,β-unsaturated/α-hetero) is 1. The largest absolute Gasteiger partial charge is 0.316 e. The molecule has 0 aromatic rings. The molecular formula is C8H15NO. The maximum Gasteiger partial charge on any atom is 0.135 e. The lowest BCUT2D eigenvalue weighted by molar-refractivity contribution is -0.128. The Labute approximate surface area is 62.0 Å². The van der Waals surface area contributed by atoms with Gasteiger partial charge in [0.2, 0.25) is 0 Å². The molecular weight excluding hydrogens is 126 g/mol. The summed E-state index contributed by atoms with van der Waals surface area (Å²) in [5.74, 6) is 0.865. The molecule has 1 heterocycles. The summed E-state index contributed by atoms with van der Waals surface area (Å²) in [5, 5.41) is 3.17. The highest BCUT2D eigenvalue weighted by molar-refractivity contribution is 5.82. The average molecular weight is 141 g/mol. The van der Waals surface area contributed by atoms with E-state index in [2.05, 4.69) is 5.32 Å². The Kier molecular flexibility index (Phi) is 1.82. The zero-order chi connectivity index (χ0) is 7.78. The maximum atomic E-state index is 11.1. The molecule has 2 heteroatoms. The summed E-state index contributed by atoms with van der Waals surface area (Å²) in [6.07, 6.45) is 0. The van der Waals surface area contributed by atoms with Gasteiger partial charge in [0.15, 0.2) is 0 Å². The van der Waals surface area contributed by atoms with Gasteiger partial charge < -0.3 is 5.32 Å². The predicted molar refractivity (Wildman–Crippen MR) is 40.8 cm³/mol. The zero-order valence-corrected chi connectivity index (χ0v) is 6.90. The molecule has 1 saturated heterocycles. The van der Waals surface area contributed by atoms with Crippen LogP contribution in [0.5, 0.6) is 0 Å². The van der Waals surface area contributed by atoms with E-state index < -0.39 is 0 Å². The Morgan fingerprint density at radius 3 is 2.10 bits per heavy atom. The van der Waals surface area contributed by atoms with Crippen LogP contribution in [0, 0.1) is 11.3 Å². The highest BCUT2D eigenvalue weighted by atomic mass is 16.1. The smallest absolute Gasteiger partial charge is 0.135 e. The minimum absolute atomic E-state index is 0.106. The number of rotatable bonds is 2. The van der Waals surface area contributed by atoms with Crippen LogP contribution in [-0.2, 0) is 4.79 Å². The van der Waals surface area contributed by atoms with Crippen LogP contribution in [0.4, 0.5) is 0 Å². The van der Waals surface area contributed by atoms with E-state index in [0.29, 0.717) is 11.7 Å². The predicted octanol–water partition coefficient (Wildman–Crippen LogP) is 0.821. The molecule has 0 spiro atoms.